The Morgan fingerprint density at radius 2 is 2.05 bits per heavy atom. The molecular weight excluding hydrogens is 262 g/mol. The Bertz CT molecular complexity index is 805. The van der Waals surface area contributed by atoms with Crippen LogP contribution in [0.4, 0.5) is 5.69 Å². The Kier molecular flexibility index (Phi) is 3.36. The summed E-state index contributed by atoms with van der Waals surface area (Å²) in [5.74, 6) is -0.102. The third-order valence-electron chi connectivity index (χ3n) is 3.65. The molecule has 0 radical (unpaired) electrons. The van der Waals surface area contributed by atoms with E-state index in [4.69, 9.17) is 5.73 Å². The van der Waals surface area contributed by atoms with Crippen LogP contribution in [-0.4, -0.2) is 10.9 Å². The molecule has 0 unspecified atom stereocenters. The lowest BCUT2D eigenvalue weighted by Crippen LogP contribution is -2.22. The fourth-order valence-corrected chi connectivity index (χ4v) is 2.41. The maximum atomic E-state index is 12.3. The zero-order valence-corrected chi connectivity index (χ0v) is 11.8. The van der Waals surface area contributed by atoms with Gasteiger partial charge in [0.25, 0.3) is 5.91 Å². The van der Waals surface area contributed by atoms with Crippen LogP contribution in [0.15, 0.2) is 48.7 Å². The molecule has 106 valence electrons. The summed E-state index contributed by atoms with van der Waals surface area (Å²) in [5.41, 5.74) is 10.2. The minimum absolute atomic E-state index is 0.102. The Morgan fingerprint density at radius 1 is 1.24 bits per heavy atom. The highest BCUT2D eigenvalue weighted by Crippen LogP contribution is 2.21. The molecule has 1 aromatic heterocycles. The van der Waals surface area contributed by atoms with Gasteiger partial charge in [-0.2, -0.15) is 0 Å². The number of H-pyrrole nitrogens is 1. The molecule has 4 heteroatoms. The molecule has 0 bridgehead atoms. The number of anilines is 1. The molecular formula is C17H17N3O. The molecule has 4 nitrogen and oxygen atoms in total. The van der Waals surface area contributed by atoms with Crippen molar-refractivity contribution >= 4 is 22.5 Å². The van der Waals surface area contributed by atoms with Crippen LogP contribution in [0.2, 0.25) is 0 Å². The summed E-state index contributed by atoms with van der Waals surface area (Å²) in [6.45, 7) is 2.55. The summed E-state index contributed by atoms with van der Waals surface area (Å²) >= 11 is 0. The predicted octanol–water partition coefficient (Wildman–Crippen LogP) is 2.99. The van der Waals surface area contributed by atoms with Gasteiger partial charge in [0.15, 0.2) is 0 Å². The van der Waals surface area contributed by atoms with Gasteiger partial charge in [0.1, 0.15) is 0 Å². The molecule has 2 aromatic carbocycles. The van der Waals surface area contributed by atoms with E-state index in [-0.39, 0.29) is 5.91 Å². The highest BCUT2D eigenvalue weighted by molar-refractivity contribution is 6.07. The van der Waals surface area contributed by atoms with E-state index >= 15 is 0 Å². The van der Waals surface area contributed by atoms with Gasteiger partial charge in [-0.25, -0.2) is 0 Å². The van der Waals surface area contributed by atoms with Gasteiger partial charge >= 0.3 is 0 Å². The van der Waals surface area contributed by atoms with E-state index in [0.29, 0.717) is 17.8 Å². The first-order chi connectivity index (χ1) is 10.1. The van der Waals surface area contributed by atoms with Crippen molar-refractivity contribution in [3.63, 3.8) is 0 Å². The number of aryl methyl sites for hydroxylation is 1. The van der Waals surface area contributed by atoms with Gasteiger partial charge in [0, 0.05) is 29.3 Å². The number of nitrogens with one attached hydrogen (secondary N) is 2. The molecule has 0 aliphatic rings. The number of fused-ring (bicyclic) bond motifs is 1. The monoisotopic (exact) mass is 279 g/mol. The van der Waals surface area contributed by atoms with E-state index in [1.165, 1.54) is 5.56 Å². The van der Waals surface area contributed by atoms with E-state index in [1.807, 2.05) is 49.4 Å². The van der Waals surface area contributed by atoms with Crippen molar-refractivity contribution in [2.24, 2.45) is 0 Å². The number of hydrogen-bond acceptors (Lipinski definition) is 2. The number of benzene rings is 2. The van der Waals surface area contributed by atoms with Gasteiger partial charge in [0.2, 0.25) is 0 Å². The number of carbonyl (C=O) groups excluding carboxylic acids is 1. The maximum absolute atomic E-state index is 12.3. The first kappa shape index (κ1) is 13.2. The minimum Gasteiger partial charge on any atom is -0.399 e. The highest BCUT2D eigenvalue weighted by Gasteiger charge is 2.12. The van der Waals surface area contributed by atoms with Gasteiger partial charge in [0.05, 0.1) is 5.56 Å². The number of rotatable bonds is 3. The molecule has 4 N–H and O–H groups in total. The fraction of sp³-hybridized carbons (Fsp3) is 0.118. The molecule has 0 aliphatic heterocycles. The lowest BCUT2D eigenvalue weighted by Gasteiger charge is -2.07. The summed E-state index contributed by atoms with van der Waals surface area (Å²) < 4.78 is 0. The molecule has 21 heavy (non-hydrogen) atoms. The van der Waals surface area contributed by atoms with E-state index in [1.54, 1.807) is 6.20 Å². The molecule has 0 saturated heterocycles. The topological polar surface area (TPSA) is 70.9 Å². The number of aromatic amines is 1. The molecule has 3 rings (SSSR count). The lowest BCUT2D eigenvalue weighted by molar-refractivity contribution is 0.0952. The zero-order chi connectivity index (χ0) is 14.8. The molecule has 0 spiro atoms. The van der Waals surface area contributed by atoms with E-state index in [0.717, 1.165) is 16.5 Å². The first-order valence-corrected chi connectivity index (χ1v) is 6.84. The molecule has 0 saturated carbocycles. The third-order valence-corrected chi connectivity index (χ3v) is 3.65. The Labute approximate surface area is 123 Å². The Morgan fingerprint density at radius 3 is 2.86 bits per heavy atom. The third kappa shape index (κ3) is 2.60. The second kappa shape index (κ2) is 5.32. The summed E-state index contributed by atoms with van der Waals surface area (Å²) in [7, 11) is 0. The van der Waals surface area contributed by atoms with Crippen LogP contribution in [0, 0.1) is 6.92 Å². The average Bonchev–Trinajstić information content (AvgIpc) is 2.89. The first-order valence-electron chi connectivity index (χ1n) is 6.84. The number of carbonyl (C=O) groups is 1. The van der Waals surface area contributed by atoms with E-state index in [2.05, 4.69) is 10.3 Å². The fourth-order valence-electron chi connectivity index (χ4n) is 2.41. The molecule has 0 aliphatic carbocycles. The van der Waals surface area contributed by atoms with Gasteiger partial charge in [-0.3, -0.25) is 4.79 Å². The number of nitrogens with two attached hydrogens (primary N) is 1. The highest BCUT2D eigenvalue weighted by atomic mass is 16.1. The van der Waals surface area contributed by atoms with Crippen LogP contribution in [0.1, 0.15) is 21.5 Å². The van der Waals surface area contributed by atoms with Crippen molar-refractivity contribution in [2.75, 3.05) is 5.73 Å². The van der Waals surface area contributed by atoms with Crippen LogP contribution in [-0.2, 0) is 6.54 Å². The van der Waals surface area contributed by atoms with Gasteiger partial charge < -0.3 is 16.0 Å². The Hall–Kier alpha value is -2.75. The van der Waals surface area contributed by atoms with Gasteiger partial charge in [-0.15, -0.1) is 0 Å². The van der Waals surface area contributed by atoms with Crippen molar-refractivity contribution in [1.29, 1.82) is 0 Å². The van der Waals surface area contributed by atoms with Crippen LogP contribution in [0.3, 0.4) is 0 Å². The standard InChI is InChI=1S/C17H17N3O/c1-11-4-2-3-5-12(11)9-20-17(21)15-10-19-16-7-6-13(18)8-14(15)16/h2-8,10,19H,9,18H2,1H3,(H,20,21). The van der Waals surface area contributed by atoms with Crippen molar-refractivity contribution < 1.29 is 4.79 Å². The quantitative estimate of drug-likeness (QED) is 0.645. The van der Waals surface area contributed by atoms with Crippen molar-refractivity contribution in [3.05, 3.63) is 65.4 Å². The maximum Gasteiger partial charge on any atom is 0.253 e. The van der Waals surface area contributed by atoms with E-state index < -0.39 is 0 Å². The van der Waals surface area contributed by atoms with Crippen molar-refractivity contribution in [2.45, 2.75) is 13.5 Å². The molecule has 0 fully saturated rings. The minimum atomic E-state index is -0.102. The van der Waals surface area contributed by atoms with Crippen molar-refractivity contribution in [1.82, 2.24) is 10.3 Å². The number of amides is 1. The second-order valence-corrected chi connectivity index (χ2v) is 5.12. The molecule has 1 heterocycles. The molecule has 3 aromatic rings. The largest absolute Gasteiger partial charge is 0.399 e. The average molecular weight is 279 g/mol. The number of nitrogen functional groups attached to an aromatic ring is 1. The summed E-state index contributed by atoms with van der Waals surface area (Å²) in [4.78, 5) is 15.4. The van der Waals surface area contributed by atoms with Crippen LogP contribution in [0.25, 0.3) is 10.9 Å². The Balaban J connectivity index is 1.81. The summed E-state index contributed by atoms with van der Waals surface area (Å²) in [5, 5.41) is 3.80. The van der Waals surface area contributed by atoms with Crippen LogP contribution in [0.5, 0.6) is 0 Å². The lowest BCUT2D eigenvalue weighted by atomic mass is 10.1. The molecule has 1 amide bonds. The van der Waals surface area contributed by atoms with Crippen LogP contribution >= 0.6 is 0 Å². The van der Waals surface area contributed by atoms with Crippen LogP contribution < -0.4 is 11.1 Å². The smallest absolute Gasteiger partial charge is 0.253 e. The SMILES string of the molecule is Cc1ccccc1CNC(=O)c1c[nH]c2ccc(N)cc12. The normalized spacial score (nSPS) is 10.7. The second-order valence-electron chi connectivity index (χ2n) is 5.12. The van der Waals surface area contributed by atoms with Gasteiger partial charge in [-0.05, 0) is 36.2 Å². The number of aromatic nitrogens is 1. The summed E-state index contributed by atoms with van der Waals surface area (Å²) in [6, 6.07) is 13.5. The predicted molar refractivity (Wildman–Crippen MR) is 85.1 cm³/mol. The van der Waals surface area contributed by atoms with E-state index in [9.17, 15) is 4.79 Å². The zero-order valence-electron chi connectivity index (χ0n) is 11.8. The summed E-state index contributed by atoms with van der Waals surface area (Å²) in [6.07, 6.45) is 1.72. The van der Waals surface area contributed by atoms with Gasteiger partial charge in [-0.1, -0.05) is 24.3 Å². The number of hydrogen-bond donors (Lipinski definition) is 3. The molecule has 0 atom stereocenters. The van der Waals surface area contributed by atoms with Crippen molar-refractivity contribution in [3.8, 4) is 0 Å².